The molecule has 1 heterocycles. The Kier molecular flexibility index (Phi) is 0.174. The third-order valence-corrected chi connectivity index (χ3v) is 0.812. The Hall–Kier alpha value is -0.0500. The van der Waals surface area contributed by atoms with Crippen molar-refractivity contribution in [2.75, 3.05) is 6.98 Å². The Morgan fingerprint density at radius 3 is 3.00 bits per heavy atom. The molecule has 0 aliphatic carbocycles. The number of hydrazone groups is 1. The Labute approximate surface area is 42.8 Å². The smallest absolute Gasteiger partial charge is 0.212 e. The molecule has 0 unspecified atom stereocenters. The lowest BCUT2D eigenvalue weighted by Crippen LogP contribution is -1.86. The molecule has 0 aromatic rings. The summed E-state index contributed by atoms with van der Waals surface area (Å²) in [5.41, 5.74) is 0. The second kappa shape index (κ2) is 0.712. The molecule has 0 radical (unpaired) electrons. The zero-order valence-electron chi connectivity index (χ0n) is 5.27. The minimum Gasteiger partial charge on any atom is -0.241 e. The van der Waals surface area contributed by atoms with Crippen LogP contribution in [-0.2, 0) is 0 Å². The van der Waals surface area contributed by atoms with Gasteiger partial charge in [-0.2, -0.15) is 0 Å². The molecule has 0 bridgehead atoms. The molecule has 0 atom stereocenters. The zero-order valence-corrected chi connectivity index (χ0v) is 3.86. The van der Waals surface area contributed by atoms with Gasteiger partial charge in [0.05, 0.1) is 0 Å². The van der Waals surface area contributed by atoms with Crippen LogP contribution in [0.3, 0.4) is 0 Å². The topological polar surface area (TPSA) is 15.4 Å². The third-order valence-electron chi connectivity index (χ3n) is 0.318. The average Bonchev–Trinajstić information content (AvgIpc) is 2.13. The van der Waals surface area contributed by atoms with E-state index in [4.69, 9.17) is 4.11 Å². The van der Waals surface area contributed by atoms with Gasteiger partial charge in [0.15, 0.2) is 0 Å². The fourth-order valence-corrected chi connectivity index (χ4v) is 0.219. The van der Waals surface area contributed by atoms with Gasteiger partial charge in [-0.1, -0.05) is 0 Å². The Morgan fingerprint density at radius 1 is 2.40 bits per heavy atom. The van der Waals surface area contributed by atoms with Gasteiger partial charge in [0.1, 0.15) is 0 Å². The second-order valence-electron chi connectivity index (χ2n) is 0.681. The van der Waals surface area contributed by atoms with Crippen LogP contribution in [0.2, 0.25) is 0 Å². The lowest BCUT2D eigenvalue weighted by molar-refractivity contribution is 0.690. The molecule has 3 heteroatoms. The highest BCUT2D eigenvalue weighted by Crippen LogP contribution is 2.09. The summed E-state index contributed by atoms with van der Waals surface area (Å²) in [6.45, 7) is -2.08. The summed E-state index contributed by atoms with van der Waals surface area (Å²) in [5.74, 6) is 0. The molecule has 1 rings (SSSR count). The summed E-state index contributed by atoms with van der Waals surface area (Å²) in [4.78, 5) is 0. The summed E-state index contributed by atoms with van der Waals surface area (Å²) < 4.78 is 20.5. The molecule has 0 saturated heterocycles. The molecule has 0 fully saturated rings. The number of hydrogen-bond donors (Lipinski definition) is 0. The van der Waals surface area contributed by atoms with E-state index in [-0.39, 0.29) is 0 Å². The molecule has 0 aromatic carbocycles. The van der Waals surface area contributed by atoms with Crippen molar-refractivity contribution in [1.82, 2.24) is 5.01 Å². The van der Waals surface area contributed by atoms with Crippen LogP contribution in [0.1, 0.15) is 4.11 Å². The lowest BCUT2D eigenvalue weighted by Gasteiger charge is -1.73. The highest BCUT2D eigenvalue weighted by Gasteiger charge is 2.11. The van der Waals surface area contributed by atoms with Crippen molar-refractivity contribution in [1.29, 1.82) is 0 Å². The predicted octanol–water partition coefficient (Wildman–Crippen LogP) is 0.598. The fourth-order valence-electron chi connectivity index (χ4n) is 0.0602. The summed E-state index contributed by atoms with van der Waals surface area (Å²) in [5, 5.41) is 4.37. The average molecular weight is 138 g/mol. The number of rotatable bonds is 0. The van der Waals surface area contributed by atoms with Crippen LogP contribution in [0.5, 0.6) is 0 Å². The molecular weight excluding hydrogens is 132 g/mol. The van der Waals surface area contributed by atoms with Gasteiger partial charge in [-0.25, -0.2) is 5.01 Å². The molecule has 1 aliphatic heterocycles. The van der Waals surface area contributed by atoms with Gasteiger partial charge in [-0.3, -0.25) is 0 Å². The van der Waals surface area contributed by atoms with Crippen molar-refractivity contribution >= 4 is 20.7 Å². The molecule has 0 spiro atoms. The molecule has 0 aromatic heterocycles. The highest BCUT2D eigenvalue weighted by molar-refractivity contribution is 9.18. The highest BCUT2D eigenvalue weighted by atomic mass is 79.9. The van der Waals surface area contributed by atoms with Gasteiger partial charge in [0.2, 0.25) is 4.74 Å². The zero-order chi connectivity index (χ0) is 6.36. The molecule has 1 aliphatic rings. The van der Waals surface area contributed by atoms with Crippen LogP contribution >= 0.6 is 15.9 Å². The van der Waals surface area contributed by atoms with Gasteiger partial charge in [-0.05, 0) is 15.9 Å². The molecule has 0 amide bonds. The Morgan fingerprint density at radius 2 is 3.00 bits per heavy atom. The van der Waals surface area contributed by atoms with Gasteiger partial charge in [-0.15, -0.1) is 5.10 Å². The van der Waals surface area contributed by atoms with Crippen molar-refractivity contribution in [2.24, 2.45) is 5.10 Å². The van der Waals surface area contributed by atoms with E-state index in [2.05, 4.69) is 21.0 Å². The summed E-state index contributed by atoms with van der Waals surface area (Å²) in [6.07, 6.45) is 0. The summed E-state index contributed by atoms with van der Waals surface area (Å²) in [7, 11) is 0. The van der Waals surface area contributed by atoms with Crippen molar-refractivity contribution in [3.05, 3.63) is 0 Å². The van der Waals surface area contributed by atoms with Crippen LogP contribution < -0.4 is 0 Å². The number of nitrogens with zero attached hydrogens (tertiary/aromatic N) is 2. The fraction of sp³-hybridized carbons (Fsp3) is 0.500. The molecular formula is C2H3BrN2. The van der Waals surface area contributed by atoms with E-state index in [1.165, 1.54) is 0 Å². The second-order valence-corrected chi connectivity index (χ2v) is 1.39. The van der Waals surface area contributed by atoms with E-state index < -0.39 is 6.98 Å². The van der Waals surface area contributed by atoms with Crippen molar-refractivity contribution in [2.45, 2.75) is 0 Å². The van der Waals surface area contributed by atoms with E-state index in [0.29, 0.717) is 4.74 Å². The first kappa shape index (κ1) is 1.22. The van der Waals surface area contributed by atoms with Crippen LogP contribution in [0.15, 0.2) is 5.10 Å². The van der Waals surface area contributed by atoms with Gasteiger partial charge in [0.25, 0.3) is 0 Å². The van der Waals surface area contributed by atoms with Crippen molar-refractivity contribution in [3.8, 4) is 0 Å². The number of halogens is 1. The molecule has 0 saturated carbocycles. The van der Waals surface area contributed by atoms with Crippen LogP contribution in [0.4, 0.5) is 0 Å². The lowest BCUT2D eigenvalue weighted by atomic mass is 11.3. The van der Waals surface area contributed by atoms with E-state index in [0.717, 1.165) is 5.01 Å². The summed E-state index contributed by atoms with van der Waals surface area (Å²) >= 11 is 2.90. The number of hydrogen-bond acceptors (Lipinski definition) is 2. The molecule has 5 heavy (non-hydrogen) atoms. The minimum atomic E-state index is -2.08. The predicted molar refractivity (Wildman–Crippen MR) is 24.1 cm³/mol. The first-order chi connectivity index (χ1) is 3.52. The normalized spacial score (nSPS) is 30.2. The maximum absolute atomic E-state index is 6.69. The van der Waals surface area contributed by atoms with Crippen molar-refractivity contribution in [3.63, 3.8) is 0 Å². The van der Waals surface area contributed by atoms with Gasteiger partial charge >= 0.3 is 0 Å². The Bertz CT molecular complexity index is 139. The standard InChI is InChI=1S/C2H3BrN2/c1-5-2(3)4-5/h1H3/i1D3. The van der Waals surface area contributed by atoms with E-state index in [1.54, 1.807) is 0 Å². The quantitative estimate of drug-likeness (QED) is 0.447. The largest absolute Gasteiger partial charge is 0.241 e. The maximum atomic E-state index is 6.69. The van der Waals surface area contributed by atoms with Crippen LogP contribution in [0.25, 0.3) is 0 Å². The molecule has 0 N–H and O–H groups in total. The molecule has 2 nitrogen and oxygen atoms in total. The van der Waals surface area contributed by atoms with E-state index >= 15 is 0 Å². The van der Waals surface area contributed by atoms with E-state index in [1.807, 2.05) is 0 Å². The molecule has 28 valence electrons. The van der Waals surface area contributed by atoms with Crippen molar-refractivity contribution < 1.29 is 4.11 Å². The monoisotopic (exact) mass is 137 g/mol. The SMILES string of the molecule is [2H]C([2H])([2H])N1N=C1Br. The van der Waals surface area contributed by atoms with Crippen LogP contribution in [-0.4, -0.2) is 16.7 Å². The van der Waals surface area contributed by atoms with Gasteiger partial charge < -0.3 is 0 Å². The summed E-state index contributed by atoms with van der Waals surface area (Å²) in [6, 6.07) is 0. The third kappa shape index (κ3) is 0.424. The first-order valence-electron chi connectivity index (χ1n) is 2.56. The first-order valence-corrected chi connectivity index (χ1v) is 1.85. The number of amidine groups is 1. The minimum absolute atomic E-state index is 0.400. The Balaban J connectivity index is 2.43. The van der Waals surface area contributed by atoms with E-state index in [9.17, 15) is 0 Å². The van der Waals surface area contributed by atoms with Crippen LogP contribution in [0, 0.1) is 0 Å². The van der Waals surface area contributed by atoms with Gasteiger partial charge in [0, 0.05) is 11.1 Å². The maximum Gasteiger partial charge on any atom is 0.212 e.